The SMILES string of the molecule is O=C(O)c1ccc(CN(CCCOc2ccc(Cl)c(Cl)c2)S(=O)(=O)c2ccc(Cl)cc2)cc1. The number of rotatable bonds is 10. The van der Waals surface area contributed by atoms with Gasteiger partial charge in [0.1, 0.15) is 5.75 Å². The molecule has 10 heteroatoms. The van der Waals surface area contributed by atoms with Crippen molar-refractivity contribution in [1.82, 2.24) is 4.31 Å². The Kier molecular flexibility index (Phi) is 8.62. The molecule has 3 aromatic carbocycles. The predicted octanol–water partition coefficient (Wildman–Crippen LogP) is 6.01. The fourth-order valence-corrected chi connectivity index (χ4v) is 4.87. The summed E-state index contributed by atoms with van der Waals surface area (Å²) in [6.45, 7) is 0.493. The summed E-state index contributed by atoms with van der Waals surface area (Å²) in [5, 5.41) is 10.3. The van der Waals surface area contributed by atoms with Gasteiger partial charge in [0, 0.05) is 24.2 Å². The Balaban J connectivity index is 1.74. The van der Waals surface area contributed by atoms with Crippen LogP contribution in [0.15, 0.2) is 71.6 Å². The van der Waals surface area contributed by atoms with Crippen LogP contribution < -0.4 is 4.74 Å². The minimum atomic E-state index is -3.84. The molecule has 0 heterocycles. The molecule has 0 saturated carbocycles. The lowest BCUT2D eigenvalue weighted by Crippen LogP contribution is -2.32. The Bertz CT molecular complexity index is 1220. The number of benzene rings is 3. The summed E-state index contributed by atoms with van der Waals surface area (Å²) < 4.78 is 33.6. The Hall–Kier alpha value is -2.29. The molecule has 33 heavy (non-hydrogen) atoms. The van der Waals surface area contributed by atoms with Crippen LogP contribution in [-0.4, -0.2) is 37.0 Å². The van der Waals surface area contributed by atoms with Gasteiger partial charge in [0.2, 0.25) is 10.0 Å². The highest BCUT2D eigenvalue weighted by molar-refractivity contribution is 7.89. The van der Waals surface area contributed by atoms with Gasteiger partial charge in [0.05, 0.1) is 27.1 Å². The van der Waals surface area contributed by atoms with Crippen molar-refractivity contribution in [2.75, 3.05) is 13.2 Å². The van der Waals surface area contributed by atoms with Crippen molar-refractivity contribution in [2.45, 2.75) is 17.9 Å². The second-order valence-corrected chi connectivity index (χ2v) is 10.3. The van der Waals surface area contributed by atoms with Gasteiger partial charge in [-0.05, 0) is 60.5 Å². The quantitative estimate of drug-likeness (QED) is 0.326. The summed E-state index contributed by atoms with van der Waals surface area (Å²) in [7, 11) is -3.84. The van der Waals surface area contributed by atoms with Crippen molar-refractivity contribution in [3.8, 4) is 5.75 Å². The maximum absolute atomic E-state index is 13.3. The molecule has 0 amide bonds. The average Bonchev–Trinajstić information content (AvgIpc) is 2.78. The molecule has 0 aromatic heterocycles. The van der Waals surface area contributed by atoms with Crippen LogP contribution in [0, 0.1) is 0 Å². The molecule has 0 aliphatic heterocycles. The first-order valence-electron chi connectivity index (χ1n) is 9.82. The van der Waals surface area contributed by atoms with E-state index < -0.39 is 16.0 Å². The molecule has 1 N–H and O–H groups in total. The topological polar surface area (TPSA) is 83.9 Å². The molecular weight excluding hydrogens is 509 g/mol. The molecule has 0 atom stereocenters. The fourth-order valence-electron chi connectivity index (χ4n) is 2.99. The first kappa shape index (κ1) is 25.3. The van der Waals surface area contributed by atoms with Crippen LogP contribution in [0.1, 0.15) is 22.3 Å². The van der Waals surface area contributed by atoms with E-state index in [1.54, 1.807) is 30.3 Å². The summed E-state index contributed by atoms with van der Waals surface area (Å²) in [4.78, 5) is 11.2. The first-order valence-corrected chi connectivity index (χ1v) is 12.4. The number of hydrogen-bond acceptors (Lipinski definition) is 4. The molecule has 0 fully saturated rings. The molecule has 0 spiro atoms. The third-order valence-electron chi connectivity index (χ3n) is 4.72. The van der Waals surface area contributed by atoms with E-state index in [2.05, 4.69) is 0 Å². The molecular formula is C23H20Cl3NO5S. The van der Waals surface area contributed by atoms with E-state index in [0.717, 1.165) is 0 Å². The van der Waals surface area contributed by atoms with Gasteiger partial charge in [-0.1, -0.05) is 46.9 Å². The molecule has 174 valence electrons. The standard InChI is InChI=1S/C23H20Cl3NO5S/c24-18-6-9-20(10-7-18)33(30,31)27(15-16-2-4-17(5-3-16)23(28)29)12-1-13-32-19-8-11-21(25)22(26)14-19/h2-11,14H,1,12-13,15H2,(H,28,29). The number of nitrogens with zero attached hydrogens (tertiary/aromatic N) is 1. The molecule has 0 radical (unpaired) electrons. The number of aromatic carboxylic acids is 1. The zero-order chi connectivity index (χ0) is 24.0. The summed E-state index contributed by atoms with van der Waals surface area (Å²) >= 11 is 17.8. The fraction of sp³-hybridized carbons (Fsp3) is 0.174. The lowest BCUT2D eigenvalue weighted by molar-refractivity contribution is 0.0697. The Labute approximate surface area is 207 Å². The molecule has 0 aliphatic rings. The van der Waals surface area contributed by atoms with Crippen molar-refractivity contribution in [3.63, 3.8) is 0 Å². The van der Waals surface area contributed by atoms with Gasteiger partial charge in [-0.25, -0.2) is 13.2 Å². The minimum absolute atomic E-state index is 0.0671. The van der Waals surface area contributed by atoms with Gasteiger partial charge in [0.15, 0.2) is 0 Å². The van der Waals surface area contributed by atoms with Crippen LogP contribution in [0.4, 0.5) is 0 Å². The largest absolute Gasteiger partial charge is 0.493 e. The number of carboxylic acids is 1. The van der Waals surface area contributed by atoms with Crippen molar-refractivity contribution in [2.24, 2.45) is 0 Å². The monoisotopic (exact) mass is 527 g/mol. The number of carbonyl (C=O) groups is 1. The van der Waals surface area contributed by atoms with Crippen molar-refractivity contribution in [3.05, 3.63) is 92.9 Å². The molecule has 0 aliphatic carbocycles. The number of hydrogen-bond donors (Lipinski definition) is 1. The molecule has 3 aromatic rings. The third-order valence-corrected chi connectivity index (χ3v) is 7.57. The highest BCUT2D eigenvalue weighted by Crippen LogP contribution is 2.26. The van der Waals surface area contributed by atoms with Gasteiger partial charge < -0.3 is 9.84 Å². The maximum Gasteiger partial charge on any atom is 0.335 e. The van der Waals surface area contributed by atoms with Crippen molar-refractivity contribution >= 4 is 50.8 Å². The first-order chi connectivity index (χ1) is 15.7. The lowest BCUT2D eigenvalue weighted by Gasteiger charge is -2.22. The molecule has 0 saturated heterocycles. The van der Waals surface area contributed by atoms with E-state index >= 15 is 0 Å². The second-order valence-electron chi connectivity index (χ2n) is 7.07. The van der Waals surface area contributed by atoms with Crippen LogP contribution in [0.25, 0.3) is 0 Å². The molecule has 0 bridgehead atoms. The van der Waals surface area contributed by atoms with E-state index in [-0.39, 0.29) is 30.2 Å². The van der Waals surface area contributed by atoms with Gasteiger partial charge >= 0.3 is 5.97 Å². The Morgan fingerprint density at radius 2 is 1.58 bits per heavy atom. The highest BCUT2D eigenvalue weighted by atomic mass is 35.5. The summed E-state index contributed by atoms with van der Waals surface area (Å²) in [5.74, 6) is -0.521. The zero-order valence-corrected chi connectivity index (χ0v) is 20.3. The number of carboxylic acid groups (broad SMARTS) is 1. The van der Waals surface area contributed by atoms with Gasteiger partial charge in [-0.2, -0.15) is 4.31 Å². The summed E-state index contributed by atoms with van der Waals surface area (Å²) in [6.07, 6.45) is 0.403. The molecule has 6 nitrogen and oxygen atoms in total. The summed E-state index contributed by atoms with van der Waals surface area (Å²) in [5.41, 5.74) is 0.781. The number of sulfonamides is 1. The number of halogens is 3. The molecule has 0 unspecified atom stereocenters. The molecule has 3 rings (SSSR count). The zero-order valence-electron chi connectivity index (χ0n) is 17.2. The van der Waals surface area contributed by atoms with E-state index in [9.17, 15) is 13.2 Å². The van der Waals surface area contributed by atoms with Crippen molar-refractivity contribution < 1.29 is 23.1 Å². The normalized spacial score (nSPS) is 11.5. The van der Waals surface area contributed by atoms with Gasteiger partial charge in [0.25, 0.3) is 0 Å². The van der Waals surface area contributed by atoms with E-state index in [1.807, 2.05) is 0 Å². The average molecular weight is 529 g/mol. The predicted molar refractivity (Wildman–Crippen MR) is 129 cm³/mol. The third kappa shape index (κ3) is 6.85. The van der Waals surface area contributed by atoms with Crippen LogP contribution in [0.3, 0.4) is 0 Å². The van der Waals surface area contributed by atoms with E-state index in [0.29, 0.717) is 32.8 Å². The second kappa shape index (κ2) is 11.2. The smallest absolute Gasteiger partial charge is 0.335 e. The van der Waals surface area contributed by atoms with Crippen LogP contribution >= 0.6 is 34.8 Å². The Morgan fingerprint density at radius 1 is 0.909 bits per heavy atom. The van der Waals surface area contributed by atoms with Gasteiger partial charge in [-0.15, -0.1) is 0 Å². The minimum Gasteiger partial charge on any atom is -0.493 e. The maximum atomic E-state index is 13.3. The van der Waals surface area contributed by atoms with E-state index in [1.165, 1.54) is 40.7 Å². The van der Waals surface area contributed by atoms with Crippen molar-refractivity contribution in [1.29, 1.82) is 0 Å². The number of ether oxygens (including phenoxy) is 1. The Morgan fingerprint density at radius 3 is 2.18 bits per heavy atom. The van der Waals surface area contributed by atoms with Crippen LogP contribution in [0.2, 0.25) is 15.1 Å². The summed E-state index contributed by atoms with van der Waals surface area (Å²) in [6, 6.07) is 16.9. The lowest BCUT2D eigenvalue weighted by atomic mass is 10.1. The van der Waals surface area contributed by atoms with Gasteiger partial charge in [-0.3, -0.25) is 0 Å². The van der Waals surface area contributed by atoms with Crippen LogP contribution in [-0.2, 0) is 16.6 Å². The highest BCUT2D eigenvalue weighted by Gasteiger charge is 2.24. The van der Waals surface area contributed by atoms with Crippen LogP contribution in [0.5, 0.6) is 5.75 Å². The van der Waals surface area contributed by atoms with E-state index in [4.69, 9.17) is 44.6 Å².